The smallest absolute Gasteiger partial charge is 0.328 e. The van der Waals surface area contributed by atoms with E-state index in [0.29, 0.717) is 11.4 Å². The Hall–Kier alpha value is -1.10. The monoisotopic (exact) mass is 214 g/mol. The van der Waals surface area contributed by atoms with E-state index in [2.05, 4.69) is 4.98 Å². The highest BCUT2D eigenvalue weighted by molar-refractivity contribution is 7.71. The average molecular weight is 214 g/mol. The fraction of sp³-hybridized carbons (Fsp3) is 0.556. The maximum Gasteiger partial charge on any atom is 0.328 e. The van der Waals surface area contributed by atoms with Gasteiger partial charge in [-0.2, -0.15) is 0 Å². The molecule has 4 nitrogen and oxygen atoms in total. The molecule has 0 aliphatic carbocycles. The lowest BCUT2D eigenvalue weighted by molar-refractivity contribution is -0.146. The van der Waals surface area contributed by atoms with Gasteiger partial charge in [0.15, 0.2) is 4.77 Å². The maximum atomic E-state index is 11.4. The molecule has 1 rings (SSSR count). The zero-order chi connectivity index (χ0) is 10.7. The van der Waals surface area contributed by atoms with E-state index in [1.165, 1.54) is 0 Å². The van der Waals surface area contributed by atoms with E-state index in [9.17, 15) is 4.79 Å². The third-order valence-electron chi connectivity index (χ3n) is 2.02. The second kappa shape index (κ2) is 4.41. The Morgan fingerprint density at radius 1 is 1.79 bits per heavy atom. The first-order chi connectivity index (χ1) is 6.57. The Morgan fingerprint density at radius 3 is 2.86 bits per heavy atom. The van der Waals surface area contributed by atoms with Crippen LogP contribution in [-0.2, 0) is 9.53 Å². The quantitative estimate of drug-likeness (QED) is 0.618. The number of hydrogen-bond acceptors (Lipinski definition) is 3. The first-order valence-electron chi connectivity index (χ1n) is 4.51. The topological polar surface area (TPSA) is 47.0 Å². The summed E-state index contributed by atoms with van der Waals surface area (Å²) < 4.78 is 7.21. The molecule has 1 unspecified atom stereocenters. The zero-order valence-electron chi connectivity index (χ0n) is 8.53. The molecule has 5 heteroatoms. The van der Waals surface area contributed by atoms with Gasteiger partial charge in [0.1, 0.15) is 6.04 Å². The molecule has 0 aliphatic heterocycles. The molecule has 14 heavy (non-hydrogen) atoms. The molecule has 1 N–H and O–H groups in total. The van der Waals surface area contributed by atoms with Crippen LogP contribution in [0.3, 0.4) is 0 Å². The van der Waals surface area contributed by atoms with Gasteiger partial charge in [-0.1, -0.05) is 0 Å². The standard InChI is InChI=1S/C9H14N2O2S/c1-4-13-8(12)7(3)11-6(2)5-10-9(11)14/h5,7H,4H2,1-3H3,(H,10,14). The maximum absolute atomic E-state index is 11.4. The number of H-pyrrole nitrogens is 1. The summed E-state index contributed by atoms with van der Waals surface area (Å²) in [7, 11) is 0. The molecule has 1 heterocycles. The molecule has 1 atom stereocenters. The van der Waals surface area contributed by atoms with E-state index in [0.717, 1.165) is 5.69 Å². The molecule has 0 radical (unpaired) electrons. The van der Waals surface area contributed by atoms with E-state index in [4.69, 9.17) is 17.0 Å². The zero-order valence-corrected chi connectivity index (χ0v) is 9.35. The van der Waals surface area contributed by atoms with E-state index in [1.807, 2.05) is 6.92 Å². The van der Waals surface area contributed by atoms with E-state index >= 15 is 0 Å². The van der Waals surface area contributed by atoms with Crippen molar-refractivity contribution in [3.63, 3.8) is 0 Å². The molecule has 0 aromatic carbocycles. The van der Waals surface area contributed by atoms with Gasteiger partial charge in [-0.15, -0.1) is 0 Å². The lowest BCUT2D eigenvalue weighted by Gasteiger charge is -2.13. The van der Waals surface area contributed by atoms with Crippen molar-refractivity contribution in [1.29, 1.82) is 0 Å². The second-order valence-electron chi connectivity index (χ2n) is 3.03. The van der Waals surface area contributed by atoms with Crippen molar-refractivity contribution >= 4 is 18.2 Å². The van der Waals surface area contributed by atoms with Gasteiger partial charge >= 0.3 is 5.97 Å². The highest BCUT2D eigenvalue weighted by Crippen LogP contribution is 2.12. The van der Waals surface area contributed by atoms with Crippen LogP contribution in [0, 0.1) is 11.7 Å². The predicted octanol–water partition coefficient (Wildman–Crippen LogP) is 1.98. The second-order valence-corrected chi connectivity index (χ2v) is 3.42. The SMILES string of the molecule is CCOC(=O)C(C)n1c(C)c[nH]c1=S. The van der Waals surface area contributed by atoms with Crippen molar-refractivity contribution in [2.24, 2.45) is 0 Å². The number of nitrogens with one attached hydrogen (secondary N) is 1. The van der Waals surface area contributed by atoms with Crippen LogP contribution in [0.2, 0.25) is 0 Å². The fourth-order valence-corrected chi connectivity index (χ4v) is 1.68. The molecule has 1 aromatic rings. The van der Waals surface area contributed by atoms with Crippen molar-refractivity contribution in [3.05, 3.63) is 16.7 Å². The molecular weight excluding hydrogens is 200 g/mol. The van der Waals surface area contributed by atoms with Crippen LogP contribution in [0.25, 0.3) is 0 Å². The van der Waals surface area contributed by atoms with Crippen LogP contribution in [0.1, 0.15) is 25.6 Å². The van der Waals surface area contributed by atoms with Crippen LogP contribution < -0.4 is 0 Å². The van der Waals surface area contributed by atoms with Crippen molar-refractivity contribution < 1.29 is 9.53 Å². The molecule has 0 amide bonds. The number of aryl methyl sites for hydroxylation is 1. The first-order valence-corrected chi connectivity index (χ1v) is 4.92. The van der Waals surface area contributed by atoms with E-state index < -0.39 is 0 Å². The van der Waals surface area contributed by atoms with Crippen molar-refractivity contribution in [3.8, 4) is 0 Å². The van der Waals surface area contributed by atoms with Crippen LogP contribution in [0.15, 0.2) is 6.20 Å². The number of rotatable bonds is 3. The summed E-state index contributed by atoms with van der Waals surface area (Å²) in [5.41, 5.74) is 0.926. The van der Waals surface area contributed by atoms with Gasteiger partial charge in [-0.3, -0.25) is 0 Å². The lowest BCUT2D eigenvalue weighted by atomic mass is 10.3. The average Bonchev–Trinajstić information content (AvgIpc) is 2.46. The van der Waals surface area contributed by atoms with Crippen molar-refractivity contribution in [2.45, 2.75) is 26.8 Å². The number of ether oxygens (including phenoxy) is 1. The number of aromatic nitrogens is 2. The normalized spacial score (nSPS) is 12.5. The third-order valence-corrected chi connectivity index (χ3v) is 2.33. The van der Waals surface area contributed by atoms with Gasteiger partial charge in [-0.05, 0) is 33.0 Å². The third kappa shape index (κ3) is 2.04. The Morgan fingerprint density at radius 2 is 2.43 bits per heavy atom. The number of nitrogens with zero attached hydrogens (tertiary/aromatic N) is 1. The molecule has 78 valence electrons. The molecular formula is C9H14N2O2S. The van der Waals surface area contributed by atoms with E-state index in [-0.39, 0.29) is 12.0 Å². The van der Waals surface area contributed by atoms with Crippen LogP contribution in [0.4, 0.5) is 0 Å². The van der Waals surface area contributed by atoms with E-state index in [1.54, 1.807) is 24.6 Å². The van der Waals surface area contributed by atoms with Crippen molar-refractivity contribution in [1.82, 2.24) is 9.55 Å². The molecule has 0 fully saturated rings. The molecule has 0 saturated carbocycles. The summed E-state index contributed by atoms with van der Waals surface area (Å²) in [6.07, 6.45) is 1.78. The minimum absolute atomic E-state index is 0.258. The van der Waals surface area contributed by atoms with Gasteiger partial charge in [0.05, 0.1) is 6.61 Å². The molecule has 0 saturated heterocycles. The van der Waals surface area contributed by atoms with Gasteiger partial charge in [0.25, 0.3) is 0 Å². The highest BCUT2D eigenvalue weighted by Gasteiger charge is 2.17. The summed E-state index contributed by atoms with van der Waals surface area (Å²) in [5.74, 6) is -0.258. The number of aromatic amines is 1. The Bertz CT molecular complexity index is 380. The molecule has 0 bridgehead atoms. The number of imidazole rings is 1. The predicted molar refractivity (Wildman–Crippen MR) is 55.7 cm³/mol. The minimum Gasteiger partial charge on any atom is -0.464 e. The summed E-state index contributed by atoms with van der Waals surface area (Å²) >= 11 is 5.05. The Balaban J connectivity index is 2.94. The summed E-state index contributed by atoms with van der Waals surface area (Å²) in [5, 5.41) is 0. The van der Waals surface area contributed by atoms with Crippen LogP contribution >= 0.6 is 12.2 Å². The van der Waals surface area contributed by atoms with Crippen molar-refractivity contribution in [2.75, 3.05) is 6.61 Å². The minimum atomic E-state index is -0.367. The molecule has 0 spiro atoms. The summed E-state index contributed by atoms with van der Waals surface area (Å²) in [6, 6.07) is -0.367. The number of carbonyl (C=O) groups excluding carboxylic acids is 1. The number of hydrogen-bond donors (Lipinski definition) is 1. The largest absolute Gasteiger partial charge is 0.464 e. The number of esters is 1. The Labute approximate surface area is 87.9 Å². The molecule has 0 aliphatic rings. The van der Waals surface area contributed by atoms with Crippen LogP contribution in [0.5, 0.6) is 0 Å². The fourth-order valence-electron chi connectivity index (χ4n) is 1.32. The lowest BCUT2D eigenvalue weighted by Crippen LogP contribution is -2.20. The first kappa shape index (κ1) is 11.0. The summed E-state index contributed by atoms with van der Waals surface area (Å²) in [6.45, 7) is 5.84. The van der Waals surface area contributed by atoms with Gasteiger partial charge in [-0.25, -0.2) is 4.79 Å². The highest BCUT2D eigenvalue weighted by atomic mass is 32.1. The van der Waals surface area contributed by atoms with Gasteiger partial charge in [0.2, 0.25) is 0 Å². The van der Waals surface area contributed by atoms with Gasteiger partial charge < -0.3 is 14.3 Å². The summed E-state index contributed by atoms with van der Waals surface area (Å²) in [4.78, 5) is 14.3. The van der Waals surface area contributed by atoms with Crippen LogP contribution in [-0.4, -0.2) is 22.1 Å². The number of carbonyl (C=O) groups is 1. The van der Waals surface area contributed by atoms with Gasteiger partial charge in [0, 0.05) is 11.9 Å². The Kier molecular flexibility index (Phi) is 3.46. The molecule has 1 aromatic heterocycles.